The lowest BCUT2D eigenvalue weighted by molar-refractivity contribution is -0.192. The van der Waals surface area contributed by atoms with Crippen molar-refractivity contribution >= 4 is 21.8 Å². The van der Waals surface area contributed by atoms with E-state index in [1.165, 1.54) is 0 Å². The molecule has 0 bridgehead atoms. The molecule has 0 aliphatic heterocycles. The number of amides is 1. The minimum atomic E-state index is -4.45. The Kier molecular flexibility index (Phi) is 3.40. The average molecular weight is 322 g/mol. The summed E-state index contributed by atoms with van der Waals surface area (Å²) in [7, 11) is 0. The first-order chi connectivity index (χ1) is 8.35. The summed E-state index contributed by atoms with van der Waals surface area (Å²) in [4.78, 5) is 11.6. The minimum Gasteiger partial charge on any atom is -0.351 e. The van der Waals surface area contributed by atoms with Gasteiger partial charge in [-0.15, -0.1) is 0 Å². The van der Waals surface area contributed by atoms with Crippen LogP contribution in [0.2, 0.25) is 0 Å². The highest BCUT2D eigenvalue weighted by Gasteiger charge is 2.68. The van der Waals surface area contributed by atoms with Crippen molar-refractivity contribution in [2.75, 3.05) is 0 Å². The van der Waals surface area contributed by atoms with E-state index in [4.69, 9.17) is 0 Å². The highest BCUT2D eigenvalue weighted by atomic mass is 79.9. The van der Waals surface area contributed by atoms with Crippen molar-refractivity contribution in [3.8, 4) is 0 Å². The number of rotatable bonds is 3. The molecule has 1 aromatic carbocycles. The van der Waals surface area contributed by atoms with Gasteiger partial charge in [0, 0.05) is 11.0 Å². The molecule has 2 rings (SSSR count). The number of halogens is 4. The Bertz CT molecular complexity index is 451. The summed E-state index contributed by atoms with van der Waals surface area (Å²) < 4.78 is 38.9. The van der Waals surface area contributed by atoms with Crippen LogP contribution >= 0.6 is 15.9 Å². The van der Waals surface area contributed by atoms with Crippen LogP contribution in [0.25, 0.3) is 0 Å². The smallest absolute Gasteiger partial charge is 0.351 e. The number of carbonyl (C=O) groups excluding carboxylic acids is 1. The number of hydrogen-bond donors (Lipinski definition) is 1. The number of carbonyl (C=O) groups is 1. The van der Waals surface area contributed by atoms with Crippen LogP contribution in [0.5, 0.6) is 0 Å². The fraction of sp³-hybridized carbons (Fsp3) is 0.417. The summed E-state index contributed by atoms with van der Waals surface area (Å²) in [5.41, 5.74) is -1.37. The van der Waals surface area contributed by atoms with Gasteiger partial charge in [-0.2, -0.15) is 13.2 Å². The fourth-order valence-electron chi connectivity index (χ4n) is 1.72. The monoisotopic (exact) mass is 321 g/mol. The third-order valence-corrected chi connectivity index (χ3v) is 3.62. The van der Waals surface area contributed by atoms with Crippen LogP contribution in [0.3, 0.4) is 0 Å². The van der Waals surface area contributed by atoms with E-state index in [0.29, 0.717) is 0 Å². The molecule has 0 heterocycles. The molecule has 0 spiro atoms. The minimum absolute atomic E-state index is 0.108. The second kappa shape index (κ2) is 4.57. The predicted molar refractivity (Wildman–Crippen MR) is 63.7 cm³/mol. The standard InChI is InChI=1S/C12H11BrF3NO/c13-9-3-1-8(2-4-9)7-17-10(18)11(5-6-11)12(14,15)16/h1-4H,5-7H2,(H,17,18). The molecule has 1 aliphatic carbocycles. The lowest BCUT2D eigenvalue weighted by Gasteiger charge is -2.18. The molecule has 6 heteroatoms. The molecule has 0 saturated heterocycles. The molecule has 98 valence electrons. The average Bonchev–Trinajstić information content (AvgIpc) is 3.08. The highest BCUT2D eigenvalue weighted by Crippen LogP contribution is 2.57. The number of nitrogens with one attached hydrogen (secondary N) is 1. The van der Waals surface area contributed by atoms with E-state index in [2.05, 4.69) is 21.2 Å². The number of hydrogen-bond acceptors (Lipinski definition) is 1. The molecule has 2 nitrogen and oxygen atoms in total. The Balaban J connectivity index is 1.95. The van der Waals surface area contributed by atoms with E-state index < -0.39 is 17.5 Å². The van der Waals surface area contributed by atoms with Crippen LogP contribution in [0, 0.1) is 5.41 Å². The first-order valence-electron chi connectivity index (χ1n) is 5.45. The zero-order chi connectivity index (χ0) is 13.4. The topological polar surface area (TPSA) is 29.1 Å². The van der Waals surface area contributed by atoms with E-state index in [9.17, 15) is 18.0 Å². The molecular formula is C12H11BrF3NO. The van der Waals surface area contributed by atoms with Crippen LogP contribution in [-0.4, -0.2) is 12.1 Å². The Morgan fingerprint density at radius 2 is 1.83 bits per heavy atom. The van der Waals surface area contributed by atoms with Gasteiger partial charge in [-0.05, 0) is 30.5 Å². The third kappa shape index (κ3) is 2.53. The van der Waals surface area contributed by atoms with Crippen molar-refractivity contribution in [3.05, 3.63) is 34.3 Å². The zero-order valence-electron chi connectivity index (χ0n) is 9.35. The zero-order valence-corrected chi connectivity index (χ0v) is 10.9. The maximum Gasteiger partial charge on any atom is 0.403 e. The van der Waals surface area contributed by atoms with Crippen LogP contribution in [0.1, 0.15) is 18.4 Å². The van der Waals surface area contributed by atoms with E-state index in [1.54, 1.807) is 24.3 Å². The van der Waals surface area contributed by atoms with E-state index in [0.717, 1.165) is 10.0 Å². The molecule has 1 aliphatic rings. The third-order valence-electron chi connectivity index (χ3n) is 3.09. The first kappa shape index (κ1) is 13.4. The van der Waals surface area contributed by atoms with Crippen molar-refractivity contribution in [2.24, 2.45) is 5.41 Å². The molecule has 0 atom stereocenters. The molecule has 0 aromatic heterocycles. The predicted octanol–water partition coefficient (Wildman–Crippen LogP) is 3.41. The Hall–Kier alpha value is -1.04. The van der Waals surface area contributed by atoms with Gasteiger partial charge in [-0.25, -0.2) is 0 Å². The first-order valence-corrected chi connectivity index (χ1v) is 6.24. The van der Waals surface area contributed by atoms with Gasteiger partial charge in [0.2, 0.25) is 5.91 Å². The van der Waals surface area contributed by atoms with E-state index >= 15 is 0 Å². The quantitative estimate of drug-likeness (QED) is 0.908. The van der Waals surface area contributed by atoms with Crippen LogP contribution in [-0.2, 0) is 11.3 Å². The molecule has 1 N–H and O–H groups in total. The van der Waals surface area contributed by atoms with E-state index in [-0.39, 0.29) is 19.4 Å². The second-order valence-electron chi connectivity index (χ2n) is 4.39. The number of alkyl halides is 3. The largest absolute Gasteiger partial charge is 0.403 e. The van der Waals surface area contributed by atoms with Gasteiger partial charge in [-0.3, -0.25) is 4.79 Å². The SMILES string of the molecule is O=C(NCc1ccc(Br)cc1)C1(C(F)(F)F)CC1. The van der Waals surface area contributed by atoms with Crippen molar-refractivity contribution in [3.63, 3.8) is 0 Å². The van der Waals surface area contributed by atoms with Crippen LogP contribution in [0.15, 0.2) is 28.7 Å². The van der Waals surface area contributed by atoms with Crippen molar-refractivity contribution in [2.45, 2.75) is 25.6 Å². The van der Waals surface area contributed by atoms with Gasteiger partial charge in [0.25, 0.3) is 0 Å². The molecule has 1 saturated carbocycles. The molecule has 18 heavy (non-hydrogen) atoms. The molecule has 1 fully saturated rings. The van der Waals surface area contributed by atoms with Crippen LogP contribution in [0.4, 0.5) is 13.2 Å². The molecule has 1 aromatic rings. The van der Waals surface area contributed by atoms with Crippen molar-refractivity contribution < 1.29 is 18.0 Å². The maximum atomic E-state index is 12.7. The molecule has 0 unspecified atom stereocenters. The van der Waals surface area contributed by atoms with Crippen molar-refractivity contribution in [1.82, 2.24) is 5.32 Å². The van der Waals surface area contributed by atoms with Gasteiger partial charge >= 0.3 is 6.18 Å². The van der Waals surface area contributed by atoms with E-state index in [1.807, 2.05) is 0 Å². The maximum absolute atomic E-state index is 12.7. The summed E-state index contributed by atoms with van der Waals surface area (Å²) in [6.45, 7) is 0.115. The summed E-state index contributed by atoms with van der Waals surface area (Å²) in [5.74, 6) is -0.919. The van der Waals surface area contributed by atoms with Gasteiger partial charge in [0.15, 0.2) is 0 Å². The van der Waals surface area contributed by atoms with Gasteiger partial charge in [-0.1, -0.05) is 28.1 Å². The molecule has 0 radical (unpaired) electrons. The van der Waals surface area contributed by atoms with Crippen LogP contribution < -0.4 is 5.32 Å². The van der Waals surface area contributed by atoms with Gasteiger partial charge in [0.1, 0.15) is 5.41 Å². The van der Waals surface area contributed by atoms with Crippen molar-refractivity contribution in [1.29, 1.82) is 0 Å². The second-order valence-corrected chi connectivity index (χ2v) is 5.30. The summed E-state index contributed by atoms with van der Waals surface area (Å²) in [6, 6.07) is 7.05. The molecular weight excluding hydrogens is 311 g/mol. The summed E-state index contributed by atoms with van der Waals surface area (Å²) in [5, 5.41) is 2.35. The van der Waals surface area contributed by atoms with Gasteiger partial charge in [0.05, 0.1) is 0 Å². The lowest BCUT2D eigenvalue weighted by Crippen LogP contribution is -2.40. The summed E-state index contributed by atoms with van der Waals surface area (Å²) in [6.07, 6.45) is -4.66. The fourth-order valence-corrected chi connectivity index (χ4v) is 1.98. The molecule has 1 amide bonds. The Labute approximate surface area is 111 Å². The lowest BCUT2D eigenvalue weighted by atomic mass is 10.1. The Morgan fingerprint density at radius 1 is 1.28 bits per heavy atom. The Morgan fingerprint density at radius 3 is 2.28 bits per heavy atom. The number of benzene rings is 1. The summed E-state index contributed by atoms with van der Waals surface area (Å²) >= 11 is 3.26. The normalized spacial score (nSPS) is 17.3. The van der Waals surface area contributed by atoms with Gasteiger partial charge < -0.3 is 5.32 Å². The highest BCUT2D eigenvalue weighted by molar-refractivity contribution is 9.10.